The third-order valence-electron chi connectivity index (χ3n) is 7.96. The Morgan fingerprint density at radius 3 is 2.50 bits per heavy atom. The fourth-order valence-corrected chi connectivity index (χ4v) is 6.00. The lowest BCUT2D eigenvalue weighted by Gasteiger charge is -2.41. The van der Waals surface area contributed by atoms with Crippen LogP contribution >= 0.6 is 0 Å². The summed E-state index contributed by atoms with van der Waals surface area (Å²) in [5, 5.41) is 3.45. The maximum absolute atomic E-state index is 14.7. The van der Waals surface area contributed by atoms with Crippen LogP contribution in [0.1, 0.15) is 54.4 Å². The molecule has 1 aromatic carbocycles. The average Bonchev–Trinajstić information content (AvgIpc) is 3.41. The molecule has 0 aromatic heterocycles. The number of piperidine rings is 1. The maximum atomic E-state index is 14.7. The van der Waals surface area contributed by atoms with Gasteiger partial charge in [-0.1, -0.05) is 18.9 Å². The molecule has 0 bridgehead atoms. The summed E-state index contributed by atoms with van der Waals surface area (Å²) in [7, 11) is 0. The zero-order chi connectivity index (χ0) is 23.7. The molecule has 1 saturated carbocycles. The first-order chi connectivity index (χ1) is 16.5. The summed E-state index contributed by atoms with van der Waals surface area (Å²) in [4.78, 5) is 41.6. The molecule has 3 heterocycles. The van der Waals surface area contributed by atoms with E-state index < -0.39 is 5.82 Å². The van der Waals surface area contributed by atoms with Crippen molar-refractivity contribution in [2.75, 3.05) is 32.7 Å². The van der Waals surface area contributed by atoms with Crippen molar-refractivity contribution in [1.82, 2.24) is 26.0 Å². The van der Waals surface area contributed by atoms with E-state index in [1.165, 1.54) is 6.07 Å². The summed E-state index contributed by atoms with van der Waals surface area (Å²) in [6.45, 7) is 2.72. The normalized spacial score (nSPS) is 27.9. The van der Waals surface area contributed by atoms with Gasteiger partial charge in [0.05, 0.1) is 11.5 Å². The van der Waals surface area contributed by atoms with Crippen molar-refractivity contribution in [2.45, 2.75) is 57.0 Å². The van der Waals surface area contributed by atoms with E-state index in [1.807, 2.05) is 4.90 Å². The first kappa shape index (κ1) is 23.2. The van der Waals surface area contributed by atoms with E-state index in [0.29, 0.717) is 32.6 Å². The SMILES string of the molecule is O=C1NNC(Cc2ccc(F)c(C(=O)N3CCN(C(=O)C4CCCC4)CC3)c2)C2NCCCC12. The molecular weight excluding hydrogens is 437 g/mol. The third-order valence-corrected chi connectivity index (χ3v) is 7.96. The number of rotatable bonds is 4. The Balaban J connectivity index is 1.23. The Morgan fingerprint density at radius 2 is 1.74 bits per heavy atom. The first-order valence-electron chi connectivity index (χ1n) is 12.7. The van der Waals surface area contributed by atoms with Gasteiger partial charge < -0.3 is 15.1 Å². The number of fused-ring (bicyclic) bond motifs is 1. The van der Waals surface area contributed by atoms with E-state index >= 15 is 0 Å². The van der Waals surface area contributed by atoms with Crippen molar-refractivity contribution < 1.29 is 18.8 Å². The first-order valence-corrected chi connectivity index (χ1v) is 12.7. The molecule has 4 fully saturated rings. The molecule has 4 aliphatic rings. The predicted molar refractivity (Wildman–Crippen MR) is 124 cm³/mol. The lowest BCUT2D eigenvalue weighted by molar-refractivity contribution is -0.136. The van der Waals surface area contributed by atoms with Crippen LogP contribution in [-0.2, 0) is 16.0 Å². The zero-order valence-corrected chi connectivity index (χ0v) is 19.5. The molecule has 184 valence electrons. The second kappa shape index (κ2) is 10.00. The van der Waals surface area contributed by atoms with E-state index in [4.69, 9.17) is 0 Å². The van der Waals surface area contributed by atoms with E-state index in [9.17, 15) is 18.8 Å². The van der Waals surface area contributed by atoms with Crippen molar-refractivity contribution >= 4 is 17.7 Å². The Morgan fingerprint density at radius 1 is 1.00 bits per heavy atom. The Labute approximate surface area is 199 Å². The number of benzene rings is 1. The van der Waals surface area contributed by atoms with Gasteiger partial charge in [0.2, 0.25) is 11.8 Å². The molecule has 1 aliphatic carbocycles. The predicted octanol–water partition coefficient (Wildman–Crippen LogP) is 1.21. The van der Waals surface area contributed by atoms with Gasteiger partial charge in [-0.25, -0.2) is 9.82 Å². The van der Waals surface area contributed by atoms with E-state index in [-0.39, 0.29) is 47.2 Å². The molecule has 8 nitrogen and oxygen atoms in total. The highest BCUT2D eigenvalue weighted by atomic mass is 19.1. The average molecular weight is 472 g/mol. The summed E-state index contributed by atoms with van der Waals surface area (Å²) in [5.41, 5.74) is 6.79. The summed E-state index contributed by atoms with van der Waals surface area (Å²) in [5.74, 6) is -0.589. The van der Waals surface area contributed by atoms with Crippen LogP contribution < -0.4 is 16.2 Å². The molecule has 3 aliphatic heterocycles. The lowest BCUT2D eigenvalue weighted by atomic mass is 9.82. The van der Waals surface area contributed by atoms with Crippen molar-refractivity contribution in [1.29, 1.82) is 0 Å². The van der Waals surface area contributed by atoms with Crippen molar-refractivity contribution in [2.24, 2.45) is 11.8 Å². The van der Waals surface area contributed by atoms with Gasteiger partial charge in [-0.15, -0.1) is 0 Å². The van der Waals surface area contributed by atoms with Crippen LogP contribution in [0, 0.1) is 17.7 Å². The van der Waals surface area contributed by atoms with E-state index in [1.54, 1.807) is 17.0 Å². The van der Waals surface area contributed by atoms with Crippen LogP contribution in [0.5, 0.6) is 0 Å². The number of hydrogen-bond donors (Lipinski definition) is 3. The van der Waals surface area contributed by atoms with Crippen LogP contribution in [-0.4, -0.2) is 72.3 Å². The molecule has 1 aromatic rings. The molecule has 5 rings (SSSR count). The minimum Gasteiger partial charge on any atom is -0.339 e. The van der Waals surface area contributed by atoms with Gasteiger partial charge in [-0.2, -0.15) is 0 Å². The van der Waals surface area contributed by atoms with Gasteiger partial charge in [0, 0.05) is 44.2 Å². The van der Waals surface area contributed by atoms with Gasteiger partial charge in [0.15, 0.2) is 0 Å². The standard InChI is InChI=1S/C25H34FN5O3/c26-20-8-7-16(15-21-22-18(6-3-9-27-22)23(32)29-28-21)14-19(20)25(34)31-12-10-30(11-13-31)24(33)17-4-1-2-5-17/h7-8,14,17-18,21-22,27-28H,1-6,9-13,15H2,(H,29,32). The number of carbonyl (C=O) groups is 3. The lowest BCUT2D eigenvalue weighted by Crippen LogP contribution is -2.67. The van der Waals surface area contributed by atoms with Crippen LogP contribution in [0.25, 0.3) is 0 Å². The van der Waals surface area contributed by atoms with Gasteiger partial charge in [0.1, 0.15) is 5.82 Å². The number of carbonyl (C=O) groups excluding carboxylic acids is 3. The zero-order valence-electron chi connectivity index (χ0n) is 19.5. The molecule has 3 amide bonds. The third kappa shape index (κ3) is 4.68. The Hall–Kier alpha value is -2.52. The van der Waals surface area contributed by atoms with Crippen molar-refractivity contribution in [3.63, 3.8) is 0 Å². The summed E-state index contributed by atoms with van der Waals surface area (Å²) in [6, 6.07) is 4.68. The number of amides is 3. The van der Waals surface area contributed by atoms with Crippen LogP contribution in [0.15, 0.2) is 18.2 Å². The smallest absolute Gasteiger partial charge is 0.256 e. The molecule has 3 N–H and O–H groups in total. The van der Waals surface area contributed by atoms with Crippen LogP contribution in [0.4, 0.5) is 4.39 Å². The van der Waals surface area contributed by atoms with Gasteiger partial charge in [0.25, 0.3) is 5.91 Å². The fraction of sp³-hybridized carbons (Fsp3) is 0.640. The summed E-state index contributed by atoms with van der Waals surface area (Å²) in [6.07, 6.45) is 6.55. The molecule has 3 unspecified atom stereocenters. The molecule has 9 heteroatoms. The number of nitrogens with one attached hydrogen (secondary N) is 3. The number of halogens is 1. The minimum atomic E-state index is -0.531. The van der Waals surface area contributed by atoms with Crippen molar-refractivity contribution in [3.05, 3.63) is 35.1 Å². The molecule has 3 atom stereocenters. The molecule has 34 heavy (non-hydrogen) atoms. The summed E-state index contributed by atoms with van der Waals surface area (Å²) >= 11 is 0. The minimum absolute atomic E-state index is 0.00831. The second-order valence-electron chi connectivity index (χ2n) is 10.1. The number of piperazine rings is 1. The number of hydrazine groups is 1. The molecule has 0 spiro atoms. The van der Waals surface area contributed by atoms with Crippen LogP contribution in [0.2, 0.25) is 0 Å². The number of hydrogen-bond acceptors (Lipinski definition) is 5. The maximum Gasteiger partial charge on any atom is 0.256 e. The van der Waals surface area contributed by atoms with Crippen LogP contribution in [0.3, 0.4) is 0 Å². The quantitative estimate of drug-likeness (QED) is 0.614. The van der Waals surface area contributed by atoms with E-state index in [0.717, 1.165) is 50.6 Å². The fourth-order valence-electron chi connectivity index (χ4n) is 6.00. The topological polar surface area (TPSA) is 93.8 Å². The highest BCUT2D eigenvalue weighted by molar-refractivity contribution is 5.95. The molecular formula is C25H34FN5O3. The van der Waals surface area contributed by atoms with Gasteiger partial charge in [-0.05, 0) is 56.3 Å². The van der Waals surface area contributed by atoms with Gasteiger partial charge >= 0.3 is 0 Å². The largest absolute Gasteiger partial charge is 0.339 e. The van der Waals surface area contributed by atoms with Gasteiger partial charge in [-0.3, -0.25) is 19.8 Å². The Bertz CT molecular complexity index is 942. The number of nitrogens with zero attached hydrogens (tertiary/aromatic N) is 2. The second-order valence-corrected chi connectivity index (χ2v) is 10.1. The summed E-state index contributed by atoms with van der Waals surface area (Å²) < 4.78 is 14.7. The van der Waals surface area contributed by atoms with Crippen molar-refractivity contribution in [3.8, 4) is 0 Å². The molecule has 3 saturated heterocycles. The highest BCUT2D eigenvalue weighted by Crippen LogP contribution is 2.27. The highest BCUT2D eigenvalue weighted by Gasteiger charge is 2.40. The molecule has 0 radical (unpaired) electrons. The monoisotopic (exact) mass is 471 g/mol. The Kier molecular flexibility index (Phi) is 6.83. The van der Waals surface area contributed by atoms with E-state index in [2.05, 4.69) is 16.2 Å².